The predicted octanol–water partition coefficient (Wildman–Crippen LogP) is 1.03. The molecule has 0 saturated heterocycles. The maximum atomic E-state index is 9.11. The molecule has 1 aromatic carbocycles. The SMILES string of the molecule is CCCCOc1cccc2[nH]c(B(O)O)cc12. The second-order valence-corrected chi connectivity index (χ2v) is 4.02. The van der Waals surface area contributed by atoms with Gasteiger partial charge in [0.15, 0.2) is 0 Å². The lowest BCUT2D eigenvalue weighted by Crippen LogP contribution is -2.30. The van der Waals surface area contributed by atoms with E-state index in [-0.39, 0.29) is 0 Å². The third-order valence-corrected chi connectivity index (χ3v) is 2.68. The normalized spacial score (nSPS) is 10.8. The van der Waals surface area contributed by atoms with E-state index in [1.807, 2.05) is 18.2 Å². The summed E-state index contributed by atoms with van der Waals surface area (Å²) in [6.45, 7) is 2.79. The van der Waals surface area contributed by atoms with E-state index in [9.17, 15) is 0 Å². The molecule has 3 N–H and O–H groups in total. The number of hydrogen-bond acceptors (Lipinski definition) is 3. The minimum absolute atomic E-state index is 0.381. The summed E-state index contributed by atoms with van der Waals surface area (Å²) >= 11 is 0. The highest BCUT2D eigenvalue weighted by Gasteiger charge is 2.15. The van der Waals surface area contributed by atoms with Gasteiger partial charge in [0.1, 0.15) is 5.75 Å². The molecule has 0 aliphatic carbocycles. The van der Waals surface area contributed by atoms with Crippen LogP contribution in [0.25, 0.3) is 10.9 Å². The number of H-pyrrole nitrogens is 1. The summed E-state index contributed by atoms with van der Waals surface area (Å²) in [5.74, 6) is 0.777. The van der Waals surface area contributed by atoms with Crippen molar-refractivity contribution in [3.05, 3.63) is 24.3 Å². The molecule has 0 radical (unpaired) electrons. The summed E-state index contributed by atoms with van der Waals surface area (Å²) < 4.78 is 5.67. The van der Waals surface area contributed by atoms with Gasteiger partial charge >= 0.3 is 7.12 Å². The van der Waals surface area contributed by atoms with Crippen LogP contribution in [0.1, 0.15) is 19.8 Å². The maximum absolute atomic E-state index is 9.11. The topological polar surface area (TPSA) is 65.5 Å². The Balaban J connectivity index is 2.29. The van der Waals surface area contributed by atoms with Gasteiger partial charge in [-0.1, -0.05) is 19.4 Å². The van der Waals surface area contributed by atoms with Gasteiger partial charge in [0.25, 0.3) is 0 Å². The van der Waals surface area contributed by atoms with Gasteiger partial charge in [-0.05, 0) is 24.6 Å². The van der Waals surface area contributed by atoms with Gasteiger partial charge in [-0.25, -0.2) is 0 Å². The lowest BCUT2D eigenvalue weighted by Gasteiger charge is -2.05. The Morgan fingerprint density at radius 3 is 2.88 bits per heavy atom. The minimum atomic E-state index is -1.48. The van der Waals surface area contributed by atoms with Crippen LogP contribution in [-0.2, 0) is 0 Å². The van der Waals surface area contributed by atoms with Gasteiger partial charge in [0.2, 0.25) is 0 Å². The molecule has 2 rings (SSSR count). The first-order valence-electron chi connectivity index (χ1n) is 5.83. The molecule has 0 aliphatic rings. The second kappa shape index (κ2) is 5.25. The molecule has 1 aromatic heterocycles. The number of hydrogen-bond donors (Lipinski definition) is 3. The Labute approximate surface area is 100 Å². The fourth-order valence-electron chi connectivity index (χ4n) is 1.74. The van der Waals surface area contributed by atoms with Crippen LogP contribution in [0.5, 0.6) is 5.75 Å². The average molecular weight is 233 g/mol. The zero-order valence-corrected chi connectivity index (χ0v) is 9.81. The van der Waals surface area contributed by atoms with Crippen LogP contribution in [0.4, 0.5) is 0 Å². The Kier molecular flexibility index (Phi) is 3.71. The van der Waals surface area contributed by atoms with Crippen LogP contribution in [-0.4, -0.2) is 28.8 Å². The van der Waals surface area contributed by atoms with Gasteiger partial charge in [-0.2, -0.15) is 0 Å². The molecule has 2 aromatic rings. The molecule has 0 atom stereocenters. The van der Waals surface area contributed by atoms with E-state index in [0.717, 1.165) is 29.5 Å². The van der Waals surface area contributed by atoms with Gasteiger partial charge in [0.05, 0.1) is 6.61 Å². The molecule has 17 heavy (non-hydrogen) atoms. The van der Waals surface area contributed by atoms with Crippen LogP contribution in [0.2, 0.25) is 0 Å². The third kappa shape index (κ3) is 2.62. The number of ether oxygens (including phenoxy) is 1. The smallest absolute Gasteiger partial charge is 0.493 e. The quantitative estimate of drug-likeness (QED) is 0.533. The minimum Gasteiger partial charge on any atom is -0.493 e. The number of aromatic amines is 1. The molecular weight excluding hydrogens is 217 g/mol. The zero-order valence-electron chi connectivity index (χ0n) is 9.81. The van der Waals surface area contributed by atoms with Crippen molar-refractivity contribution in [2.24, 2.45) is 0 Å². The van der Waals surface area contributed by atoms with Crippen molar-refractivity contribution in [1.29, 1.82) is 0 Å². The van der Waals surface area contributed by atoms with E-state index >= 15 is 0 Å². The largest absolute Gasteiger partial charge is 0.505 e. The van der Waals surface area contributed by atoms with Crippen LogP contribution < -0.4 is 10.3 Å². The molecule has 0 amide bonds. The molecule has 0 spiro atoms. The Morgan fingerprint density at radius 2 is 2.18 bits per heavy atom. The summed E-state index contributed by atoms with van der Waals surface area (Å²) in [7, 11) is -1.48. The van der Waals surface area contributed by atoms with Crippen molar-refractivity contribution >= 4 is 23.6 Å². The van der Waals surface area contributed by atoms with Crippen molar-refractivity contribution in [2.75, 3.05) is 6.61 Å². The fourth-order valence-corrected chi connectivity index (χ4v) is 1.74. The number of benzene rings is 1. The van der Waals surface area contributed by atoms with Gasteiger partial charge in [-0.15, -0.1) is 0 Å². The number of unbranched alkanes of at least 4 members (excludes halogenated alkanes) is 1. The summed E-state index contributed by atoms with van der Waals surface area (Å²) in [6.07, 6.45) is 2.10. The van der Waals surface area contributed by atoms with Gasteiger partial charge in [-0.3, -0.25) is 0 Å². The first kappa shape index (κ1) is 12.0. The highest BCUT2D eigenvalue weighted by molar-refractivity contribution is 6.58. The number of nitrogens with one attached hydrogen (secondary N) is 1. The first-order chi connectivity index (χ1) is 8.22. The summed E-state index contributed by atoms with van der Waals surface area (Å²) in [5.41, 5.74) is 1.23. The average Bonchev–Trinajstić information content (AvgIpc) is 2.74. The van der Waals surface area contributed by atoms with Crippen molar-refractivity contribution < 1.29 is 14.8 Å². The van der Waals surface area contributed by atoms with Gasteiger partial charge in [0, 0.05) is 16.5 Å². The van der Waals surface area contributed by atoms with Crippen LogP contribution >= 0.6 is 0 Å². The number of fused-ring (bicyclic) bond motifs is 1. The lowest BCUT2D eigenvalue weighted by atomic mass is 9.86. The summed E-state index contributed by atoms with van der Waals surface area (Å²) in [6, 6.07) is 7.36. The van der Waals surface area contributed by atoms with Crippen LogP contribution in [0.15, 0.2) is 24.3 Å². The monoisotopic (exact) mass is 233 g/mol. The molecule has 0 unspecified atom stereocenters. The van der Waals surface area contributed by atoms with E-state index in [0.29, 0.717) is 12.2 Å². The Bertz CT molecular complexity index is 495. The predicted molar refractivity (Wildman–Crippen MR) is 68.5 cm³/mol. The van der Waals surface area contributed by atoms with E-state index in [1.54, 1.807) is 6.07 Å². The fraction of sp³-hybridized carbons (Fsp3) is 0.333. The number of rotatable bonds is 5. The molecule has 5 heteroatoms. The van der Waals surface area contributed by atoms with E-state index in [4.69, 9.17) is 14.8 Å². The molecule has 90 valence electrons. The van der Waals surface area contributed by atoms with Crippen LogP contribution in [0, 0.1) is 0 Å². The molecule has 0 saturated carbocycles. The van der Waals surface area contributed by atoms with E-state index < -0.39 is 7.12 Å². The van der Waals surface area contributed by atoms with Crippen molar-refractivity contribution in [3.63, 3.8) is 0 Å². The Hall–Kier alpha value is -1.46. The van der Waals surface area contributed by atoms with Crippen molar-refractivity contribution in [2.45, 2.75) is 19.8 Å². The molecule has 1 heterocycles. The zero-order chi connectivity index (χ0) is 12.3. The third-order valence-electron chi connectivity index (χ3n) is 2.68. The maximum Gasteiger partial charge on any atom is 0.505 e. The van der Waals surface area contributed by atoms with Crippen molar-refractivity contribution in [1.82, 2.24) is 4.98 Å². The Morgan fingerprint density at radius 1 is 1.35 bits per heavy atom. The van der Waals surface area contributed by atoms with Crippen LogP contribution in [0.3, 0.4) is 0 Å². The van der Waals surface area contributed by atoms with E-state index in [1.165, 1.54) is 0 Å². The summed E-state index contributed by atoms with van der Waals surface area (Å²) in [4.78, 5) is 2.95. The highest BCUT2D eigenvalue weighted by Crippen LogP contribution is 2.24. The van der Waals surface area contributed by atoms with Gasteiger partial charge < -0.3 is 19.8 Å². The molecule has 0 bridgehead atoms. The highest BCUT2D eigenvalue weighted by atomic mass is 16.5. The summed E-state index contributed by atoms with van der Waals surface area (Å²) in [5, 5.41) is 19.1. The molecule has 0 fully saturated rings. The molecule has 4 nitrogen and oxygen atoms in total. The van der Waals surface area contributed by atoms with Crippen molar-refractivity contribution in [3.8, 4) is 5.75 Å². The molecular formula is C12H16BNO3. The second-order valence-electron chi connectivity index (χ2n) is 4.02. The molecule has 0 aliphatic heterocycles. The van der Waals surface area contributed by atoms with E-state index in [2.05, 4.69) is 11.9 Å². The number of aromatic nitrogens is 1. The standard InChI is InChI=1S/C12H16BNO3/c1-2-3-7-17-11-6-4-5-10-9(11)8-12(14-10)13(15)16/h4-6,8,14-16H,2-3,7H2,1H3. The first-order valence-corrected chi connectivity index (χ1v) is 5.83. The lowest BCUT2D eigenvalue weighted by molar-refractivity contribution is 0.313.